The molecular formula is C17H24N2O2. The van der Waals surface area contributed by atoms with Crippen LogP contribution in [-0.4, -0.2) is 23.1 Å². The molecule has 114 valence electrons. The Balaban J connectivity index is 2.59. The monoisotopic (exact) mass is 288 g/mol. The molecule has 1 amide bonds. The van der Waals surface area contributed by atoms with Crippen LogP contribution in [0, 0.1) is 6.92 Å². The van der Waals surface area contributed by atoms with Crippen LogP contribution in [-0.2, 0) is 6.54 Å². The SMILES string of the molecule is CCOc1ccc2c(c1)c(C)c(C(=O)NC(C)C)n2CC. The average Bonchev–Trinajstić information content (AvgIpc) is 2.71. The fraction of sp³-hybridized carbons (Fsp3) is 0.471. The number of hydrogen-bond acceptors (Lipinski definition) is 2. The lowest BCUT2D eigenvalue weighted by molar-refractivity contribution is 0.0933. The Morgan fingerprint density at radius 2 is 2.05 bits per heavy atom. The lowest BCUT2D eigenvalue weighted by Gasteiger charge is -2.12. The number of nitrogens with one attached hydrogen (secondary N) is 1. The van der Waals surface area contributed by atoms with Gasteiger partial charge in [0.1, 0.15) is 11.4 Å². The van der Waals surface area contributed by atoms with Gasteiger partial charge >= 0.3 is 0 Å². The zero-order chi connectivity index (χ0) is 15.6. The molecule has 1 aromatic heterocycles. The van der Waals surface area contributed by atoms with Crippen molar-refractivity contribution in [3.63, 3.8) is 0 Å². The average molecular weight is 288 g/mol. The van der Waals surface area contributed by atoms with E-state index in [0.29, 0.717) is 6.61 Å². The van der Waals surface area contributed by atoms with Gasteiger partial charge in [-0.25, -0.2) is 0 Å². The Morgan fingerprint density at radius 1 is 1.33 bits per heavy atom. The van der Waals surface area contributed by atoms with Crippen molar-refractivity contribution in [1.29, 1.82) is 0 Å². The zero-order valence-electron chi connectivity index (χ0n) is 13.5. The van der Waals surface area contributed by atoms with Crippen molar-refractivity contribution < 1.29 is 9.53 Å². The van der Waals surface area contributed by atoms with Crippen LogP contribution >= 0.6 is 0 Å². The summed E-state index contributed by atoms with van der Waals surface area (Å²) in [5.41, 5.74) is 2.83. The normalized spacial score (nSPS) is 11.1. The highest BCUT2D eigenvalue weighted by Gasteiger charge is 2.20. The van der Waals surface area contributed by atoms with Gasteiger partial charge in [0, 0.05) is 23.5 Å². The molecule has 4 heteroatoms. The molecule has 0 unspecified atom stereocenters. The van der Waals surface area contributed by atoms with Crippen molar-refractivity contribution in [3.05, 3.63) is 29.5 Å². The third-order valence-electron chi connectivity index (χ3n) is 3.55. The summed E-state index contributed by atoms with van der Waals surface area (Å²) in [6.45, 7) is 11.4. The van der Waals surface area contributed by atoms with Gasteiger partial charge in [-0.1, -0.05) is 0 Å². The maximum absolute atomic E-state index is 12.5. The van der Waals surface area contributed by atoms with Gasteiger partial charge in [0.2, 0.25) is 0 Å². The minimum Gasteiger partial charge on any atom is -0.494 e. The van der Waals surface area contributed by atoms with E-state index in [9.17, 15) is 4.79 Å². The number of benzene rings is 1. The summed E-state index contributed by atoms with van der Waals surface area (Å²) in [7, 11) is 0. The smallest absolute Gasteiger partial charge is 0.268 e. The minimum absolute atomic E-state index is 0.0153. The number of nitrogens with zero attached hydrogens (tertiary/aromatic N) is 1. The van der Waals surface area contributed by atoms with E-state index in [-0.39, 0.29) is 11.9 Å². The summed E-state index contributed by atoms with van der Waals surface area (Å²) in [5.74, 6) is 0.829. The summed E-state index contributed by atoms with van der Waals surface area (Å²) in [6.07, 6.45) is 0. The highest BCUT2D eigenvalue weighted by atomic mass is 16.5. The number of rotatable bonds is 5. The van der Waals surface area contributed by atoms with Gasteiger partial charge in [0.25, 0.3) is 5.91 Å². The Kier molecular flexibility index (Phi) is 4.56. The van der Waals surface area contributed by atoms with Crippen LogP contribution in [0.3, 0.4) is 0 Å². The van der Waals surface area contributed by atoms with Crippen LogP contribution in [0.2, 0.25) is 0 Å². The van der Waals surface area contributed by atoms with E-state index in [2.05, 4.69) is 16.8 Å². The number of hydrogen-bond donors (Lipinski definition) is 1. The predicted octanol–water partition coefficient (Wildman–Crippen LogP) is 3.51. The fourth-order valence-corrected chi connectivity index (χ4v) is 2.71. The third-order valence-corrected chi connectivity index (χ3v) is 3.55. The van der Waals surface area contributed by atoms with Crippen LogP contribution in [0.1, 0.15) is 43.7 Å². The van der Waals surface area contributed by atoms with E-state index >= 15 is 0 Å². The van der Waals surface area contributed by atoms with Gasteiger partial charge in [-0.15, -0.1) is 0 Å². The second-order valence-corrected chi connectivity index (χ2v) is 5.46. The molecule has 0 radical (unpaired) electrons. The number of ether oxygens (including phenoxy) is 1. The number of carbonyl (C=O) groups excluding carboxylic acids is 1. The maximum atomic E-state index is 12.5. The van der Waals surface area contributed by atoms with E-state index in [0.717, 1.165) is 34.5 Å². The second-order valence-electron chi connectivity index (χ2n) is 5.46. The maximum Gasteiger partial charge on any atom is 0.268 e. The molecule has 0 saturated carbocycles. The molecular weight excluding hydrogens is 264 g/mol. The van der Waals surface area contributed by atoms with Gasteiger partial charge < -0.3 is 14.6 Å². The number of aromatic nitrogens is 1. The van der Waals surface area contributed by atoms with Gasteiger partial charge in [-0.05, 0) is 58.4 Å². The lowest BCUT2D eigenvalue weighted by Crippen LogP contribution is -2.32. The quantitative estimate of drug-likeness (QED) is 0.915. The van der Waals surface area contributed by atoms with E-state index in [1.807, 2.05) is 45.9 Å². The molecule has 21 heavy (non-hydrogen) atoms. The Morgan fingerprint density at radius 3 is 2.62 bits per heavy atom. The predicted molar refractivity (Wildman–Crippen MR) is 86.1 cm³/mol. The first-order valence-electron chi connectivity index (χ1n) is 7.56. The third kappa shape index (κ3) is 2.89. The summed E-state index contributed by atoms with van der Waals surface area (Å²) in [5, 5.41) is 4.06. The van der Waals surface area contributed by atoms with Crippen LogP contribution in [0.15, 0.2) is 18.2 Å². The number of fused-ring (bicyclic) bond motifs is 1. The second kappa shape index (κ2) is 6.20. The molecule has 0 bridgehead atoms. The molecule has 1 N–H and O–H groups in total. The van der Waals surface area contributed by atoms with Gasteiger partial charge in [-0.2, -0.15) is 0 Å². The van der Waals surface area contributed by atoms with Crippen molar-refractivity contribution >= 4 is 16.8 Å². The number of carbonyl (C=O) groups is 1. The largest absolute Gasteiger partial charge is 0.494 e. The van der Waals surface area contributed by atoms with Crippen molar-refractivity contribution in [2.24, 2.45) is 0 Å². The topological polar surface area (TPSA) is 43.3 Å². The van der Waals surface area contributed by atoms with Crippen molar-refractivity contribution in [1.82, 2.24) is 9.88 Å². The van der Waals surface area contributed by atoms with E-state index in [1.165, 1.54) is 0 Å². The molecule has 0 spiro atoms. The molecule has 2 aromatic rings. The number of amides is 1. The van der Waals surface area contributed by atoms with E-state index in [1.54, 1.807) is 0 Å². The van der Waals surface area contributed by atoms with Crippen LogP contribution < -0.4 is 10.1 Å². The Bertz CT molecular complexity index is 656. The summed E-state index contributed by atoms with van der Waals surface area (Å²) >= 11 is 0. The summed E-state index contributed by atoms with van der Waals surface area (Å²) in [6, 6.07) is 6.14. The molecule has 0 aliphatic carbocycles. The van der Waals surface area contributed by atoms with Crippen LogP contribution in [0.25, 0.3) is 10.9 Å². The van der Waals surface area contributed by atoms with Gasteiger partial charge in [0.15, 0.2) is 0 Å². The molecule has 0 fully saturated rings. The molecule has 1 aromatic carbocycles. The molecule has 0 aliphatic heterocycles. The van der Waals surface area contributed by atoms with Gasteiger partial charge in [0.05, 0.1) is 6.61 Å². The molecule has 0 aliphatic rings. The first kappa shape index (κ1) is 15.4. The van der Waals surface area contributed by atoms with Crippen molar-refractivity contribution in [3.8, 4) is 5.75 Å². The first-order chi connectivity index (χ1) is 9.99. The van der Waals surface area contributed by atoms with Crippen LogP contribution in [0.4, 0.5) is 0 Å². The molecule has 0 atom stereocenters. The van der Waals surface area contributed by atoms with Crippen molar-refractivity contribution in [2.45, 2.75) is 47.2 Å². The molecule has 1 heterocycles. The highest BCUT2D eigenvalue weighted by Crippen LogP contribution is 2.29. The number of aryl methyl sites for hydroxylation is 2. The molecule has 4 nitrogen and oxygen atoms in total. The molecule has 2 rings (SSSR count). The summed E-state index contributed by atoms with van der Waals surface area (Å²) < 4.78 is 7.63. The van der Waals surface area contributed by atoms with E-state index < -0.39 is 0 Å². The zero-order valence-corrected chi connectivity index (χ0v) is 13.5. The minimum atomic E-state index is -0.0153. The Hall–Kier alpha value is -1.97. The summed E-state index contributed by atoms with van der Waals surface area (Å²) in [4.78, 5) is 12.5. The lowest BCUT2D eigenvalue weighted by atomic mass is 10.1. The molecule has 0 saturated heterocycles. The first-order valence-corrected chi connectivity index (χ1v) is 7.56. The van der Waals surface area contributed by atoms with Gasteiger partial charge in [-0.3, -0.25) is 4.79 Å². The standard InChI is InChI=1S/C17H24N2O2/c1-6-19-15-9-8-13(21-7-2)10-14(15)12(5)16(19)17(20)18-11(3)4/h8-11H,6-7H2,1-5H3,(H,18,20). The van der Waals surface area contributed by atoms with Crippen molar-refractivity contribution in [2.75, 3.05) is 6.61 Å². The Labute approximate surface area is 126 Å². The van der Waals surface area contributed by atoms with Crippen LogP contribution in [0.5, 0.6) is 5.75 Å². The van der Waals surface area contributed by atoms with E-state index in [4.69, 9.17) is 4.74 Å². The highest BCUT2D eigenvalue weighted by molar-refractivity contribution is 6.02. The fourth-order valence-electron chi connectivity index (χ4n) is 2.71.